The maximum absolute atomic E-state index is 14.7. The molecule has 0 aliphatic carbocycles. The second-order valence-electron chi connectivity index (χ2n) is 12.0. The van der Waals surface area contributed by atoms with Crippen molar-refractivity contribution in [1.82, 2.24) is 0 Å². The van der Waals surface area contributed by atoms with E-state index in [4.69, 9.17) is 32.8 Å². The summed E-state index contributed by atoms with van der Waals surface area (Å²) in [4.78, 5) is 27.3. The predicted octanol–water partition coefficient (Wildman–Crippen LogP) is 8.14. The Morgan fingerprint density at radius 2 is 1.53 bits per heavy atom. The number of allylic oxidation sites excluding steroid dienone is 2. The quantitative estimate of drug-likeness (QED) is 0.0948. The van der Waals surface area contributed by atoms with Crippen molar-refractivity contribution >= 4 is 16.9 Å². The first-order chi connectivity index (χ1) is 24.2. The topological polar surface area (TPSA) is 103 Å². The summed E-state index contributed by atoms with van der Waals surface area (Å²) in [6.45, 7) is 9.30. The van der Waals surface area contributed by atoms with Gasteiger partial charge in [0.25, 0.3) is 5.60 Å². The van der Waals surface area contributed by atoms with Gasteiger partial charge in [0.2, 0.25) is 0 Å². The molecule has 3 aromatic carbocycles. The number of alkyl halides is 3. The number of esters is 1. The van der Waals surface area contributed by atoms with E-state index in [1.165, 1.54) is 59.6 Å². The number of methoxy groups -OCH3 is 5. The number of hydrogen-bond acceptors (Lipinski definition) is 9. The van der Waals surface area contributed by atoms with Crippen LogP contribution in [0.15, 0.2) is 87.6 Å². The third-order valence-corrected chi connectivity index (χ3v) is 8.40. The standard InChI is InChI=1S/C39H41F3O9/c1-22(2)15-16-27-31(45-5)21-32(46-6)34-28(43)20-30(50-36(27)34)24-17-25(35(48-8)33(18-24)47-7)19-29(23(3)4)51-37(44)38(49-9,39(40,41)42)26-13-11-10-12-14-26/h10-15,17-18,20-21,29H,3,16,19H2,1-2,4-9H3/t29-,38+/m0/s1. The summed E-state index contributed by atoms with van der Waals surface area (Å²) in [5.74, 6) is -0.367. The molecule has 0 amide bonds. The van der Waals surface area contributed by atoms with Crippen LogP contribution in [0.25, 0.3) is 22.3 Å². The summed E-state index contributed by atoms with van der Waals surface area (Å²) in [6.07, 6.45) is -4.28. The van der Waals surface area contributed by atoms with E-state index in [2.05, 4.69) is 6.58 Å². The first kappa shape index (κ1) is 38.6. The largest absolute Gasteiger partial charge is 0.496 e. The van der Waals surface area contributed by atoms with Gasteiger partial charge in [-0.25, -0.2) is 4.79 Å². The van der Waals surface area contributed by atoms with Gasteiger partial charge in [-0.1, -0.05) is 48.6 Å². The second-order valence-corrected chi connectivity index (χ2v) is 12.0. The van der Waals surface area contributed by atoms with Gasteiger partial charge in [-0.3, -0.25) is 4.79 Å². The van der Waals surface area contributed by atoms with Gasteiger partial charge < -0.3 is 32.8 Å². The fraction of sp³-hybridized carbons (Fsp3) is 0.333. The minimum Gasteiger partial charge on any atom is -0.496 e. The number of ether oxygens (including phenoxy) is 6. The second kappa shape index (κ2) is 15.8. The Morgan fingerprint density at radius 1 is 0.882 bits per heavy atom. The van der Waals surface area contributed by atoms with E-state index >= 15 is 0 Å². The highest BCUT2D eigenvalue weighted by Gasteiger charge is 2.64. The summed E-state index contributed by atoms with van der Waals surface area (Å²) in [5.41, 5.74) is -1.37. The molecule has 0 spiro atoms. The molecule has 272 valence electrons. The number of fused-ring (bicyclic) bond motifs is 1. The van der Waals surface area contributed by atoms with Crippen molar-refractivity contribution in [1.29, 1.82) is 0 Å². The zero-order valence-corrected chi connectivity index (χ0v) is 29.8. The van der Waals surface area contributed by atoms with Gasteiger partial charge in [-0.15, -0.1) is 0 Å². The van der Waals surface area contributed by atoms with Crippen molar-refractivity contribution in [3.05, 3.63) is 105 Å². The van der Waals surface area contributed by atoms with E-state index < -0.39 is 34.8 Å². The number of hydrogen-bond donors (Lipinski definition) is 0. The highest BCUT2D eigenvalue weighted by molar-refractivity contribution is 5.90. The summed E-state index contributed by atoms with van der Waals surface area (Å²) in [7, 11) is 6.53. The number of halogens is 3. The molecule has 0 unspecified atom stereocenters. The predicted molar refractivity (Wildman–Crippen MR) is 187 cm³/mol. The third-order valence-electron chi connectivity index (χ3n) is 8.40. The Kier molecular flexibility index (Phi) is 11.9. The fourth-order valence-electron chi connectivity index (χ4n) is 5.77. The number of carbonyl (C=O) groups excluding carboxylic acids is 1. The van der Waals surface area contributed by atoms with Gasteiger partial charge in [0, 0.05) is 47.9 Å². The molecule has 9 nitrogen and oxygen atoms in total. The third kappa shape index (κ3) is 7.61. The van der Waals surface area contributed by atoms with E-state index in [1.54, 1.807) is 18.2 Å². The van der Waals surface area contributed by atoms with Crippen LogP contribution in [0.1, 0.15) is 37.5 Å². The number of benzene rings is 3. The maximum atomic E-state index is 14.7. The molecule has 1 aromatic heterocycles. The van der Waals surface area contributed by atoms with E-state index in [0.717, 1.165) is 24.8 Å². The average molecular weight is 711 g/mol. The maximum Gasteiger partial charge on any atom is 0.432 e. The van der Waals surface area contributed by atoms with E-state index in [0.29, 0.717) is 28.9 Å². The normalized spacial score (nSPS) is 13.2. The molecule has 0 N–H and O–H groups in total. The van der Waals surface area contributed by atoms with Crippen LogP contribution in [-0.2, 0) is 32.7 Å². The molecule has 0 aliphatic rings. The van der Waals surface area contributed by atoms with Crippen molar-refractivity contribution in [2.24, 2.45) is 0 Å². The molecule has 0 saturated heterocycles. The van der Waals surface area contributed by atoms with E-state index in [1.807, 2.05) is 19.9 Å². The van der Waals surface area contributed by atoms with Crippen LogP contribution < -0.4 is 24.4 Å². The summed E-state index contributed by atoms with van der Waals surface area (Å²) in [5, 5.41) is 0.221. The molecule has 0 saturated carbocycles. The molecule has 51 heavy (non-hydrogen) atoms. The molecule has 0 bridgehead atoms. The minimum atomic E-state index is -5.18. The Hall–Kier alpha value is -5.23. The van der Waals surface area contributed by atoms with Crippen molar-refractivity contribution in [2.75, 3.05) is 35.5 Å². The van der Waals surface area contributed by atoms with Crippen molar-refractivity contribution in [3.63, 3.8) is 0 Å². The fourth-order valence-corrected chi connectivity index (χ4v) is 5.77. The monoisotopic (exact) mass is 710 g/mol. The van der Waals surface area contributed by atoms with Crippen molar-refractivity contribution in [3.8, 4) is 34.3 Å². The SMILES string of the molecule is C=C(C)[C@H](Cc1cc(-c2cc(=O)c3c(OC)cc(OC)c(CC=C(C)C)c3o2)cc(OC)c1OC)OC(=O)[C@](OC)(c1ccccc1)C(F)(F)F. The molecule has 4 aromatic rings. The Bertz CT molecular complexity index is 1990. The van der Waals surface area contributed by atoms with Crippen LogP contribution in [0.3, 0.4) is 0 Å². The first-order valence-corrected chi connectivity index (χ1v) is 15.8. The van der Waals surface area contributed by atoms with Gasteiger partial charge in [-0.05, 0) is 44.9 Å². The molecule has 2 atom stereocenters. The van der Waals surface area contributed by atoms with Crippen molar-refractivity contribution in [2.45, 2.75) is 51.5 Å². The molecule has 4 rings (SSSR count). The molecule has 0 fully saturated rings. The van der Waals surface area contributed by atoms with E-state index in [-0.39, 0.29) is 46.0 Å². The minimum absolute atomic E-state index is 0.145. The first-order valence-electron chi connectivity index (χ1n) is 15.8. The Labute approximate surface area is 294 Å². The van der Waals surface area contributed by atoms with Gasteiger partial charge in [0.15, 0.2) is 16.9 Å². The van der Waals surface area contributed by atoms with Crippen LogP contribution in [0.2, 0.25) is 0 Å². The van der Waals surface area contributed by atoms with Crippen LogP contribution >= 0.6 is 0 Å². The zero-order chi connectivity index (χ0) is 37.7. The Morgan fingerprint density at radius 3 is 2.06 bits per heavy atom. The Balaban J connectivity index is 1.88. The van der Waals surface area contributed by atoms with Crippen LogP contribution in [0, 0.1) is 0 Å². The average Bonchev–Trinajstić information content (AvgIpc) is 3.09. The lowest BCUT2D eigenvalue weighted by Crippen LogP contribution is -2.52. The van der Waals surface area contributed by atoms with Gasteiger partial charge >= 0.3 is 12.1 Å². The highest BCUT2D eigenvalue weighted by atomic mass is 19.4. The lowest BCUT2D eigenvalue weighted by molar-refractivity contribution is -0.277. The lowest BCUT2D eigenvalue weighted by Gasteiger charge is -2.34. The van der Waals surface area contributed by atoms with Gasteiger partial charge in [0.05, 0.1) is 28.4 Å². The number of rotatable bonds is 14. The molecule has 0 radical (unpaired) electrons. The molecule has 12 heteroatoms. The zero-order valence-electron chi connectivity index (χ0n) is 29.8. The molecular weight excluding hydrogens is 669 g/mol. The lowest BCUT2D eigenvalue weighted by atomic mass is 9.92. The van der Waals surface area contributed by atoms with Gasteiger partial charge in [0.1, 0.15) is 34.3 Å². The molecule has 1 heterocycles. The van der Waals surface area contributed by atoms with Gasteiger partial charge in [-0.2, -0.15) is 13.2 Å². The van der Waals surface area contributed by atoms with Crippen LogP contribution in [0.5, 0.6) is 23.0 Å². The van der Waals surface area contributed by atoms with Crippen molar-refractivity contribution < 1.29 is 50.8 Å². The summed E-state index contributed by atoms with van der Waals surface area (Å²) >= 11 is 0. The smallest absolute Gasteiger partial charge is 0.432 e. The molecular formula is C39H41F3O9. The number of carbonyl (C=O) groups is 1. The summed E-state index contributed by atoms with van der Waals surface area (Å²) < 4.78 is 83.4. The van der Waals surface area contributed by atoms with Crippen LogP contribution in [0.4, 0.5) is 13.2 Å². The molecule has 0 aliphatic heterocycles. The van der Waals surface area contributed by atoms with E-state index in [9.17, 15) is 22.8 Å². The highest BCUT2D eigenvalue weighted by Crippen LogP contribution is 2.44. The van der Waals surface area contributed by atoms with Crippen LogP contribution in [-0.4, -0.2) is 53.8 Å². The summed E-state index contributed by atoms with van der Waals surface area (Å²) in [6, 6.07) is 12.7.